The highest BCUT2D eigenvalue weighted by molar-refractivity contribution is 7.98. The van der Waals surface area contributed by atoms with Gasteiger partial charge in [-0.05, 0) is 50.1 Å². The van der Waals surface area contributed by atoms with Crippen LogP contribution in [-0.2, 0) is 18.7 Å². The van der Waals surface area contributed by atoms with Crippen LogP contribution in [0.3, 0.4) is 0 Å². The maximum atomic E-state index is 6.31. The zero-order chi connectivity index (χ0) is 23.4. The molecule has 0 saturated carbocycles. The van der Waals surface area contributed by atoms with Crippen molar-refractivity contribution < 1.29 is 0 Å². The summed E-state index contributed by atoms with van der Waals surface area (Å²) < 4.78 is 2.04. The lowest BCUT2D eigenvalue weighted by atomic mass is 10.0. The molecule has 0 atom stereocenters. The average Bonchev–Trinajstić information content (AvgIpc) is 3.18. The normalized spacial score (nSPS) is 11.1. The lowest BCUT2D eigenvalue weighted by Crippen LogP contribution is -2.10. The molecule has 2 aromatic carbocycles. The summed E-state index contributed by atoms with van der Waals surface area (Å²) >= 11 is 14.0. The number of hydrogen-bond donors (Lipinski definition) is 1. The second-order valence-corrected chi connectivity index (χ2v) is 9.33. The van der Waals surface area contributed by atoms with Crippen LogP contribution in [0.1, 0.15) is 35.1 Å². The van der Waals surface area contributed by atoms with Gasteiger partial charge in [-0.3, -0.25) is 4.57 Å². The molecule has 33 heavy (non-hydrogen) atoms. The highest BCUT2D eigenvalue weighted by atomic mass is 35.5. The molecule has 2 heterocycles. The Hall–Kier alpha value is -2.61. The van der Waals surface area contributed by atoms with Crippen molar-refractivity contribution in [3.05, 3.63) is 86.8 Å². The van der Waals surface area contributed by atoms with Crippen LogP contribution < -0.4 is 5.32 Å². The Morgan fingerprint density at radius 2 is 1.73 bits per heavy atom. The van der Waals surface area contributed by atoms with Crippen molar-refractivity contribution in [2.24, 2.45) is 0 Å². The second kappa shape index (κ2) is 10.5. The minimum absolute atomic E-state index is 0.647. The van der Waals surface area contributed by atoms with Crippen LogP contribution in [0.4, 0.5) is 11.8 Å². The highest BCUT2D eigenvalue weighted by Crippen LogP contribution is 2.29. The van der Waals surface area contributed by atoms with Gasteiger partial charge < -0.3 is 5.32 Å². The number of rotatable bonds is 8. The average molecular weight is 499 g/mol. The molecule has 0 fully saturated rings. The quantitative estimate of drug-likeness (QED) is 0.274. The molecule has 4 rings (SSSR count). The summed E-state index contributed by atoms with van der Waals surface area (Å²) in [5, 5.41) is 14.5. The molecule has 170 valence electrons. The number of aromatic nitrogens is 5. The van der Waals surface area contributed by atoms with Crippen molar-refractivity contribution in [3.63, 3.8) is 0 Å². The molecule has 9 heteroatoms. The Balaban J connectivity index is 1.59. The van der Waals surface area contributed by atoms with Crippen LogP contribution >= 0.6 is 35.0 Å². The monoisotopic (exact) mass is 498 g/mol. The summed E-state index contributed by atoms with van der Waals surface area (Å²) in [5.74, 6) is 2.80. The smallest absolute Gasteiger partial charge is 0.230 e. The maximum Gasteiger partial charge on any atom is 0.230 e. The fraction of sp³-hybridized carbons (Fsp3) is 0.250. The molecule has 0 saturated heterocycles. The molecule has 2 aromatic heterocycles. The molecule has 0 radical (unpaired) electrons. The Bertz CT molecular complexity index is 1260. The van der Waals surface area contributed by atoms with Gasteiger partial charge in [0.2, 0.25) is 5.95 Å². The van der Waals surface area contributed by atoms with E-state index in [0.717, 1.165) is 44.9 Å². The first-order chi connectivity index (χ1) is 15.9. The number of benzene rings is 2. The standard InChI is InChI=1S/C24H24Cl2N6S/c1-4-32-23(30-31-24(32)33-14-18-7-5-6-8-21(18)26)29-22-20(15(2)27-16(3)28-22)13-17-9-11-19(25)12-10-17/h5-12H,4,13-14H2,1-3H3,(H,27,28,29,30). The van der Waals surface area contributed by atoms with E-state index in [1.54, 1.807) is 11.8 Å². The van der Waals surface area contributed by atoms with Gasteiger partial charge in [-0.1, -0.05) is 65.3 Å². The number of hydrogen-bond acceptors (Lipinski definition) is 6. The van der Waals surface area contributed by atoms with E-state index in [9.17, 15) is 0 Å². The number of aryl methyl sites for hydroxylation is 2. The third-order valence-corrected chi connectivity index (χ3v) is 6.83. The topological polar surface area (TPSA) is 68.5 Å². The van der Waals surface area contributed by atoms with Gasteiger partial charge >= 0.3 is 0 Å². The Morgan fingerprint density at radius 1 is 0.970 bits per heavy atom. The zero-order valence-electron chi connectivity index (χ0n) is 18.6. The van der Waals surface area contributed by atoms with E-state index in [1.807, 2.05) is 66.9 Å². The number of anilines is 2. The molecule has 0 aliphatic heterocycles. The Kier molecular flexibility index (Phi) is 7.53. The van der Waals surface area contributed by atoms with Crippen molar-refractivity contribution in [2.45, 2.75) is 44.6 Å². The molecule has 0 spiro atoms. The molecule has 0 unspecified atom stereocenters. The van der Waals surface area contributed by atoms with Gasteiger partial charge in [0.1, 0.15) is 11.6 Å². The van der Waals surface area contributed by atoms with Gasteiger partial charge in [-0.2, -0.15) is 0 Å². The molecule has 4 aromatic rings. The molecule has 0 amide bonds. The van der Waals surface area contributed by atoms with E-state index in [1.165, 1.54) is 0 Å². The first-order valence-electron chi connectivity index (χ1n) is 10.6. The minimum Gasteiger partial charge on any atom is -0.308 e. The van der Waals surface area contributed by atoms with E-state index in [4.69, 9.17) is 23.2 Å². The Labute approximate surface area is 207 Å². The highest BCUT2D eigenvalue weighted by Gasteiger charge is 2.17. The third kappa shape index (κ3) is 5.66. The second-order valence-electron chi connectivity index (χ2n) is 7.54. The van der Waals surface area contributed by atoms with Crippen molar-refractivity contribution >= 4 is 46.7 Å². The lowest BCUT2D eigenvalue weighted by Gasteiger charge is -2.15. The molecular weight excluding hydrogens is 475 g/mol. The zero-order valence-corrected chi connectivity index (χ0v) is 21.0. The van der Waals surface area contributed by atoms with Crippen LogP contribution in [-0.4, -0.2) is 24.7 Å². The number of thioether (sulfide) groups is 1. The van der Waals surface area contributed by atoms with Gasteiger partial charge in [0.15, 0.2) is 5.16 Å². The molecular formula is C24H24Cl2N6S. The van der Waals surface area contributed by atoms with Gasteiger partial charge in [-0.15, -0.1) is 10.2 Å². The van der Waals surface area contributed by atoms with Gasteiger partial charge in [0.25, 0.3) is 0 Å². The molecule has 0 aliphatic carbocycles. The molecule has 1 N–H and O–H groups in total. The van der Waals surface area contributed by atoms with Crippen molar-refractivity contribution in [3.8, 4) is 0 Å². The molecule has 0 aliphatic rings. The minimum atomic E-state index is 0.647. The number of nitrogens with zero attached hydrogens (tertiary/aromatic N) is 5. The molecule has 0 bridgehead atoms. The van der Waals surface area contributed by atoms with Crippen LogP contribution in [0, 0.1) is 13.8 Å². The first kappa shape index (κ1) is 23.5. The van der Waals surface area contributed by atoms with E-state index in [-0.39, 0.29) is 0 Å². The van der Waals surface area contributed by atoms with Crippen molar-refractivity contribution in [2.75, 3.05) is 5.32 Å². The summed E-state index contributed by atoms with van der Waals surface area (Å²) in [6, 6.07) is 15.7. The summed E-state index contributed by atoms with van der Waals surface area (Å²) in [4.78, 5) is 9.25. The van der Waals surface area contributed by atoms with Crippen LogP contribution in [0.2, 0.25) is 10.0 Å². The largest absolute Gasteiger partial charge is 0.308 e. The van der Waals surface area contributed by atoms with Crippen LogP contribution in [0.25, 0.3) is 0 Å². The van der Waals surface area contributed by atoms with Crippen LogP contribution in [0.5, 0.6) is 0 Å². The molecule has 6 nitrogen and oxygen atoms in total. The van der Waals surface area contributed by atoms with Gasteiger partial charge in [-0.25, -0.2) is 9.97 Å². The SMILES string of the molecule is CCn1c(Nc2nc(C)nc(C)c2Cc2ccc(Cl)cc2)nnc1SCc1ccccc1Cl. The lowest BCUT2D eigenvalue weighted by molar-refractivity contribution is 0.687. The predicted molar refractivity (Wildman–Crippen MR) is 136 cm³/mol. The summed E-state index contributed by atoms with van der Waals surface area (Å²) in [7, 11) is 0. The fourth-order valence-electron chi connectivity index (χ4n) is 3.49. The van der Waals surface area contributed by atoms with Crippen molar-refractivity contribution in [1.29, 1.82) is 0 Å². The van der Waals surface area contributed by atoms with Crippen LogP contribution in [0.15, 0.2) is 53.7 Å². The van der Waals surface area contributed by atoms with E-state index >= 15 is 0 Å². The van der Waals surface area contributed by atoms with Gasteiger partial charge in [0.05, 0.1) is 0 Å². The first-order valence-corrected chi connectivity index (χ1v) is 12.3. The predicted octanol–water partition coefficient (Wildman–Crippen LogP) is 6.64. The Morgan fingerprint density at radius 3 is 2.45 bits per heavy atom. The number of halogens is 2. The summed E-state index contributed by atoms with van der Waals surface area (Å²) in [6.45, 7) is 6.68. The maximum absolute atomic E-state index is 6.31. The van der Waals surface area contributed by atoms with E-state index in [0.29, 0.717) is 29.0 Å². The summed E-state index contributed by atoms with van der Waals surface area (Å²) in [6.07, 6.45) is 0.681. The van der Waals surface area contributed by atoms with E-state index in [2.05, 4.69) is 32.4 Å². The third-order valence-electron chi connectivity index (χ3n) is 5.20. The van der Waals surface area contributed by atoms with Gasteiger partial charge in [0, 0.05) is 40.0 Å². The van der Waals surface area contributed by atoms with Crippen molar-refractivity contribution in [1.82, 2.24) is 24.7 Å². The van der Waals surface area contributed by atoms with E-state index < -0.39 is 0 Å². The fourth-order valence-corrected chi connectivity index (χ4v) is 4.91. The summed E-state index contributed by atoms with van der Waals surface area (Å²) in [5.41, 5.74) is 4.14. The number of nitrogens with one attached hydrogen (secondary N) is 1.